The number of carbonyl (C=O) groups is 2. The van der Waals surface area contributed by atoms with Crippen molar-refractivity contribution in [3.8, 4) is 0 Å². The Morgan fingerprint density at radius 1 is 1.21 bits per heavy atom. The Morgan fingerprint density at radius 2 is 1.91 bits per heavy atom. The monoisotopic (exact) mass is 497 g/mol. The average Bonchev–Trinajstić information content (AvgIpc) is 3.37. The molecule has 1 atom stereocenters. The van der Waals surface area contributed by atoms with Gasteiger partial charge in [-0.15, -0.1) is 11.3 Å². The SMILES string of the molecule is COC(=O)C1=C(C23C4C5C2C2C3C4C52C(=O)O)NC(c2nccs2)=N[C@@H]1c1ccc(F)cc1Cl. The molecule has 2 heterocycles. The van der Waals surface area contributed by atoms with Gasteiger partial charge in [-0.3, -0.25) is 9.79 Å². The molecule has 1 aromatic heterocycles. The number of carboxylic acids is 1. The molecule has 2 aromatic rings. The van der Waals surface area contributed by atoms with Crippen LogP contribution in [0.5, 0.6) is 0 Å². The van der Waals surface area contributed by atoms with Gasteiger partial charge >= 0.3 is 11.9 Å². The number of hydrogen-bond acceptors (Lipinski definition) is 7. The van der Waals surface area contributed by atoms with Crippen LogP contribution < -0.4 is 5.32 Å². The van der Waals surface area contributed by atoms with E-state index in [9.17, 15) is 19.1 Å². The lowest BCUT2D eigenvalue weighted by Crippen LogP contribution is -3.11. The molecule has 6 fully saturated rings. The molecule has 6 saturated carbocycles. The molecule has 172 valence electrons. The van der Waals surface area contributed by atoms with Gasteiger partial charge in [-0.1, -0.05) is 17.7 Å². The second-order valence-electron chi connectivity index (χ2n) is 10.1. The molecular formula is C24H17ClFN3O4S. The van der Waals surface area contributed by atoms with Crippen LogP contribution in [0.1, 0.15) is 16.6 Å². The fourth-order valence-corrected chi connectivity index (χ4v) is 9.92. The molecule has 7 nitrogen and oxygen atoms in total. The largest absolute Gasteiger partial charge is 0.481 e. The highest BCUT2D eigenvalue weighted by Crippen LogP contribution is 3.11. The minimum Gasteiger partial charge on any atom is -0.481 e. The Labute approximate surface area is 201 Å². The Hall–Kier alpha value is -2.78. The zero-order valence-electron chi connectivity index (χ0n) is 17.7. The molecular weight excluding hydrogens is 481 g/mol. The summed E-state index contributed by atoms with van der Waals surface area (Å²) in [6.07, 6.45) is 1.68. The van der Waals surface area contributed by atoms with Crippen molar-refractivity contribution in [1.29, 1.82) is 0 Å². The second kappa shape index (κ2) is 5.71. The van der Waals surface area contributed by atoms with Crippen LogP contribution in [0, 0.1) is 52.2 Å². The van der Waals surface area contributed by atoms with Gasteiger partial charge in [0.25, 0.3) is 0 Å². The number of halogens is 2. The van der Waals surface area contributed by atoms with E-state index in [0.29, 0.717) is 22.0 Å². The van der Waals surface area contributed by atoms with Crippen LogP contribution in [0.15, 0.2) is 46.0 Å². The van der Waals surface area contributed by atoms with Crippen LogP contribution in [-0.4, -0.2) is 35.0 Å². The van der Waals surface area contributed by atoms with Crippen molar-refractivity contribution in [2.45, 2.75) is 6.04 Å². The number of carboxylic acid groups (broad SMARTS) is 1. The summed E-state index contributed by atoms with van der Waals surface area (Å²) in [6, 6.07) is 3.28. The molecule has 0 radical (unpaired) electrons. The first-order chi connectivity index (χ1) is 16.4. The highest BCUT2D eigenvalue weighted by molar-refractivity contribution is 7.11. The number of carbonyl (C=O) groups excluding carboxylic acids is 1. The first-order valence-electron chi connectivity index (χ1n) is 11.2. The lowest BCUT2D eigenvalue weighted by atomic mass is 8.92. The molecule has 0 bridgehead atoms. The van der Waals surface area contributed by atoms with E-state index in [4.69, 9.17) is 21.3 Å². The van der Waals surface area contributed by atoms with Gasteiger partial charge in [0.1, 0.15) is 11.9 Å². The number of benzene rings is 1. The summed E-state index contributed by atoms with van der Waals surface area (Å²) in [5.41, 5.74) is 0.886. The predicted molar refractivity (Wildman–Crippen MR) is 118 cm³/mol. The zero-order chi connectivity index (χ0) is 23.3. The van der Waals surface area contributed by atoms with E-state index in [1.165, 1.54) is 30.6 Å². The number of rotatable bonds is 5. The highest BCUT2D eigenvalue weighted by atomic mass is 35.5. The summed E-state index contributed by atoms with van der Waals surface area (Å²) >= 11 is 7.86. The van der Waals surface area contributed by atoms with Crippen LogP contribution in [0.25, 0.3) is 0 Å². The molecule has 6 aliphatic carbocycles. The first kappa shape index (κ1) is 19.5. The van der Waals surface area contributed by atoms with Crippen molar-refractivity contribution in [3.63, 3.8) is 0 Å². The Morgan fingerprint density at radius 3 is 2.47 bits per heavy atom. The number of amidine groups is 1. The third kappa shape index (κ3) is 1.64. The van der Waals surface area contributed by atoms with Crippen LogP contribution in [0.4, 0.5) is 4.39 Å². The molecule has 9 rings (SSSR count). The molecule has 34 heavy (non-hydrogen) atoms. The molecule has 0 amide bonds. The van der Waals surface area contributed by atoms with Crippen molar-refractivity contribution in [1.82, 2.24) is 10.3 Å². The molecule has 0 spiro atoms. The lowest BCUT2D eigenvalue weighted by Gasteiger charge is -3.10. The van der Waals surface area contributed by atoms with Gasteiger partial charge in [0, 0.05) is 33.3 Å². The molecule has 10 heteroatoms. The van der Waals surface area contributed by atoms with Gasteiger partial charge in [0.05, 0.1) is 18.1 Å². The maximum Gasteiger partial charge on any atom is 0.338 e. The number of aliphatic imine (C=N–C) groups is 1. The van der Waals surface area contributed by atoms with E-state index in [-0.39, 0.29) is 45.9 Å². The minimum absolute atomic E-state index is 0.175. The Balaban J connectivity index is 1.30. The van der Waals surface area contributed by atoms with Gasteiger partial charge in [0.15, 0.2) is 10.8 Å². The Kier molecular flexibility index (Phi) is 3.28. The van der Waals surface area contributed by atoms with E-state index in [1.54, 1.807) is 12.3 Å². The summed E-state index contributed by atoms with van der Waals surface area (Å²) < 4.78 is 19.0. The smallest absolute Gasteiger partial charge is 0.338 e. The fraction of sp³-hybridized carbons (Fsp3) is 0.417. The molecule has 1 aliphatic heterocycles. The van der Waals surface area contributed by atoms with Crippen molar-refractivity contribution in [2.75, 3.05) is 7.11 Å². The summed E-state index contributed by atoms with van der Waals surface area (Å²) in [5, 5.41) is 16.0. The average molecular weight is 498 g/mol. The second-order valence-corrected chi connectivity index (χ2v) is 11.4. The third-order valence-electron chi connectivity index (χ3n) is 9.78. The predicted octanol–water partition coefficient (Wildman–Crippen LogP) is 3.28. The van der Waals surface area contributed by atoms with Crippen LogP contribution >= 0.6 is 22.9 Å². The first-order valence-corrected chi connectivity index (χ1v) is 12.4. The van der Waals surface area contributed by atoms with Gasteiger partial charge in [-0.05, 0) is 47.6 Å². The van der Waals surface area contributed by atoms with Gasteiger partial charge in [-0.25, -0.2) is 14.2 Å². The number of hydrogen-bond donors (Lipinski definition) is 2. The topological polar surface area (TPSA) is 101 Å². The maximum atomic E-state index is 13.8. The number of thiazole rings is 1. The van der Waals surface area contributed by atoms with Crippen LogP contribution in [0.2, 0.25) is 5.02 Å². The number of esters is 1. The lowest BCUT2D eigenvalue weighted by molar-refractivity contribution is -0.633. The summed E-state index contributed by atoms with van der Waals surface area (Å²) in [4.78, 5) is 34.5. The van der Waals surface area contributed by atoms with Crippen molar-refractivity contribution in [2.24, 2.45) is 51.3 Å². The summed E-state index contributed by atoms with van der Waals surface area (Å²) in [6.45, 7) is 0. The molecule has 0 unspecified atom stereocenters. The van der Waals surface area contributed by atoms with E-state index >= 15 is 0 Å². The fourth-order valence-electron chi connectivity index (χ4n) is 9.07. The molecule has 7 aliphatic rings. The van der Waals surface area contributed by atoms with Crippen molar-refractivity contribution in [3.05, 3.63) is 62.5 Å². The van der Waals surface area contributed by atoms with Crippen LogP contribution in [0.3, 0.4) is 0 Å². The molecule has 2 N–H and O–H groups in total. The molecule has 1 aromatic carbocycles. The maximum absolute atomic E-state index is 13.8. The number of aliphatic carboxylic acids is 1. The number of ether oxygens (including phenoxy) is 1. The van der Waals surface area contributed by atoms with E-state index in [0.717, 1.165) is 5.70 Å². The number of allylic oxidation sites excluding steroid dienone is 1. The summed E-state index contributed by atoms with van der Waals surface area (Å²) in [5.74, 6) is 0.207. The standard InChI is InChI=1S/C24H17ClFN3O4S/c1-33-21(30)10-17(8-3-2-7(26)6-9(8)25)28-19(20-27-4-5-34-20)29-18(10)23-11-14-12(23)16-13(23)15(11)24(14,16)22(31)32/h2-6,11-17H,1H3,(H,28,29)(H,31,32)/t11?,12?,13?,14?,15?,16?,17-,23?,24?/m1/s1. The Bertz CT molecular complexity index is 1370. The number of nitrogens with zero attached hydrogens (tertiary/aromatic N) is 2. The van der Waals surface area contributed by atoms with Gasteiger partial charge < -0.3 is 15.2 Å². The number of aromatic nitrogens is 1. The van der Waals surface area contributed by atoms with Gasteiger partial charge in [0.2, 0.25) is 0 Å². The van der Waals surface area contributed by atoms with Crippen LogP contribution in [-0.2, 0) is 14.3 Å². The third-order valence-corrected chi connectivity index (χ3v) is 10.9. The van der Waals surface area contributed by atoms with Crippen molar-refractivity contribution >= 4 is 40.7 Å². The van der Waals surface area contributed by atoms with Gasteiger partial charge in [-0.2, -0.15) is 0 Å². The quantitative estimate of drug-likeness (QED) is 0.615. The van der Waals surface area contributed by atoms with E-state index in [1.807, 2.05) is 5.38 Å². The normalized spacial score (nSPS) is 43.1. The zero-order valence-corrected chi connectivity index (χ0v) is 19.2. The number of methoxy groups -OCH3 is 1. The number of nitrogens with one attached hydrogen (secondary N) is 1. The molecule has 0 saturated heterocycles. The minimum atomic E-state index is -0.787. The van der Waals surface area contributed by atoms with E-state index < -0.39 is 29.2 Å². The van der Waals surface area contributed by atoms with E-state index in [2.05, 4.69) is 10.3 Å². The highest BCUT2D eigenvalue weighted by Gasteiger charge is 3.12. The van der Waals surface area contributed by atoms with Crippen molar-refractivity contribution < 1.29 is 23.8 Å². The summed E-state index contributed by atoms with van der Waals surface area (Å²) in [7, 11) is 1.33.